The van der Waals surface area contributed by atoms with Gasteiger partial charge in [-0.3, -0.25) is 4.79 Å². The molecule has 0 atom stereocenters. The van der Waals surface area contributed by atoms with E-state index in [2.05, 4.69) is 41.4 Å². The van der Waals surface area contributed by atoms with E-state index in [1.807, 2.05) is 19.1 Å². The minimum atomic E-state index is -0.00589. The molecule has 3 rings (SSSR count). The van der Waals surface area contributed by atoms with E-state index >= 15 is 0 Å². The van der Waals surface area contributed by atoms with Crippen LogP contribution in [0, 0.1) is 6.92 Å². The van der Waals surface area contributed by atoms with Crippen molar-refractivity contribution in [2.75, 3.05) is 7.11 Å². The quantitative estimate of drug-likeness (QED) is 0.630. The minimum absolute atomic E-state index is 0.00589. The van der Waals surface area contributed by atoms with Crippen LogP contribution in [0.5, 0.6) is 5.75 Å². The van der Waals surface area contributed by atoms with Crippen molar-refractivity contribution < 1.29 is 4.74 Å². The summed E-state index contributed by atoms with van der Waals surface area (Å²) in [5, 5.41) is 0.771. The van der Waals surface area contributed by atoms with Gasteiger partial charge >= 0.3 is 0 Å². The number of ether oxygens (including phenoxy) is 1. The number of unbranched alkanes of at least 4 members (excludes halogenated alkanes) is 2. The number of pyridine rings is 1. The Hall–Kier alpha value is -2.55. The number of hydrogen-bond acceptors (Lipinski definition) is 2. The van der Waals surface area contributed by atoms with Gasteiger partial charge in [0.05, 0.1) is 18.2 Å². The van der Waals surface area contributed by atoms with Crippen molar-refractivity contribution in [3.05, 3.63) is 75.6 Å². The number of benzene rings is 2. The number of aromatic nitrogens is 1. The van der Waals surface area contributed by atoms with Gasteiger partial charge in [-0.15, -0.1) is 0 Å². The summed E-state index contributed by atoms with van der Waals surface area (Å²) >= 11 is 0. The first kappa shape index (κ1) is 17.3. The molecule has 3 heteroatoms. The molecule has 0 radical (unpaired) electrons. The topological polar surface area (TPSA) is 42.1 Å². The molecule has 3 nitrogen and oxygen atoms in total. The minimum Gasteiger partial charge on any atom is -0.491 e. The van der Waals surface area contributed by atoms with Crippen molar-refractivity contribution >= 4 is 10.9 Å². The van der Waals surface area contributed by atoms with Crippen LogP contribution in [0.4, 0.5) is 0 Å². The number of aryl methyl sites for hydroxylation is 3. The number of nitrogens with one attached hydrogen (secondary N) is 1. The summed E-state index contributed by atoms with van der Waals surface area (Å²) in [4.78, 5) is 16.0. The molecule has 0 fully saturated rings. The van der Waals surface area contributed by atoms with Crippen molar-refractivity contribution in [3.8, 4) is 5.75 Å². The number of methoxy groups -OCH3 is 1. The number of hydrogen-bond donors (Lipinski definition) is 1. The molecule has 0 aliphatic rings. The average molecular weight is 335 g/mol. The third-order valence-corrected chi connectivity index (χ3v) is 4.71. The highest BCUT2D eigenvalue weighted by atomic mass is 16.5. The van der Waals surface area contributed by atoms with Crippen LogP contribution in [0.2, 0.25) is 0 Å². The van der Waals surface area contributed by atoms with E-state index in [1.54, 1.807) is 7.11 Å². The Morgan fingerprint density at radius 3 is 2.44 bits per heavy atom. The Kier molecular flexibility index (Phi) is 5.54. The van der Waals surface area contributed by atoms with Crippen molar-refractivity contribution in [1.29, 1.82) is 0 Å². The molecule has 0 spiro atoms. The molecule has 1 aromatic heterocycles. The van der Waals surface area contributed by atoms with Gasteiger partial charge in [0.25, 0.3) is 0 Å². The van der Waals surface area contributed by atoms with Gasteiger partial charge in [-0.25, -0.2) is 0 Å². The molecule has 130 valence electrons. The van der Waals surface area contributed by atoms with Gasteiger partial charge in [0.1, 0.15) is 0 Å². The van der Waals surface area contributed by atoms with Crippen LogP contribution in [0.25, 0.3) is 10.9 Å². The van der Waals surface area contributed by atoms with Gasteiger partial charge in [0.2, 0.25) is 5.43 Å². The number of aromatic amines is 1. The SMILES string of the molecule is COc1c(C)[nH]c2cccc(CCCCCc3ccccc3)c2c1=O. The number of fused-ring (bicyclic) bond motifs is 1. The fourth-order valence-electron chi connectivity index (χ4n) is 3.44. The maximum atomic E-state index is 12.7. The fourth-order valence-corrected chi connectivity index (χ4v) is 3.44. The molecule has 1 N–H and O–H groups in total. The lowest BCUT2D eigenvalue weighted by molar-refractivity contribution is 0.406. The normalized spacial score (nSPS) is 11.0. The second-order valence-corrected chi connectivity index (χ2v) is 6.50. The van der Waals surface area contributed by atoms with Gasteiger partial charge in [0, 0.05) is 5.52 Å². The number of rotatable bonds is 7. The monoisotopic (exact) mass is 335 g/mol. The Balaban J connectivity index is 1.68. The zero-order valence-electron chi connectivity index (χ0n) is 15.0. The second kappa shape index (κ2) is 8.02. The summed E-state index contributed by atoms with van der Waals surface area (Å²) in [6.07, 6.45) is 5.45. The summed E-state index contributed by atoms with van der Waals surface area (Å²) in [6, 6.07) is 16.6. The molecule has 25 heavy (non-hydrogen) atoms. The van der Waals surface area contributed by atoms with Crippen molar-refractivity contribution in [1.82, 2.24) is 4.98 Å². The average Bonchev–Trinajstić information content (AvgIpc) is 2.62. The number of H-pyrrole nitrogens is 1. The van der Waals surface area contributed by atoms with E-state index in [9.17, 15) is 4.79 Å². The lowest BCUT2D eigenvalue weighted by Crippen LogP contribution is -2.11. The van der Waals surface area contributed by atoms with Gasteiger partial charge in [-0.1, -0.05) is 48.9 Å². The van der Waals surface area contributed by atoms with Crippen LogP contribution in [0.15, 0.2) is 53.3 Å². The first-order valence-electron chi connectivity index (χ1n) is 8.93. The lowest BCUT2D eigenvalue weighted by atomic mass is 10.00. The Morgan fingerprint density at radius 1 is 0.920 bits per heavy atom. The molecule has 0 aliphatic carbocycles. The van der Waals surface area contributed by atoms with Crippen LogP contribution < -0.4 is 10.2 Å². The smallest absolute Gasteiger partial charge is 0.231 e. The molecule has 3 aromatic rings. The highest BCUT2D eigenvalue weighted by Gasteiger charge is 2.12. The van der Waals surface area contributed by atoms with Gasteiger partial charge in [0.15, 0.2) is 5.75 Å². The summed E-state index contributed by atoms with van der Waals surface area (Å²) in [5.41, 5.74) is 4.17. The second-order valence-electron chi connectivity index (χ2n) is 6.50. The molecule has 0 aliphatic heterocycles. The van der Waals surface area contributed by atoms with Crippen LogP contribution in [0.1, 0.15) is 36.1 Å². The van der Waals surface area contributed by atoms with E-state index in [4.69, 9.17) is 4.74 Å². The Labute approximate surface area is 148 Å². The fraction of sp³-hybridized carbons (Fsp3) is 0.318. The third-order valence-electron chi connectivity index (χ3n) is 4.71. The van der Waals surface area contributed by atoms with Gasteiger partial charge in [-0.2, -0.15) is 0 Å². The molecule has 0 saturated heterocycles. The molecular formula is C22H25NO2. The first-order chi connectivity index (χ1) is 12.2. The Morgan fingerprint density at radius 2 is 1.68 bits per heavy atom. The molecule has 2 aromatic carbocycles. The maximum Gasteiger partial charge on any atom is 0.231 e. The van der Waals surface area contributed by atoms with E-state index in [0.29, 0.717) is 5.75 Å². The summed E-state index contributed by atoms with van der Waals surface area (Å²) < 4.78 is 5.29. The van der Waals surface area contributed by atoms with Crippen LogP contribution >= 0.6 is 0 Å². The van der Waals surface area contributed by atoms with Gasteiger partial charge < -0.3 is 9.72 Å². The summed E-state index contributed by atoms with van der Waals surface area (Å²) in [7, 11) is 1.55. The molecule has 0 unspecified atom stereocenters. The molecule has 0 amide bonds. The van der Waals surface area contributed by atoms with Crippen LogP contribution in [-0.2, 0) is 12.8 Å². The van der Waals surface area contributed by atoms with Crippen molar-refractivity contribution in [2.45, 2.75) is 39.0 Å². The zero-order chi connectivity index (χ0) is 17.6. The third kappa shape index (κ3) is 3.93. The van der Waals surface area contributed by atoms with Crippen LogP contribution in [0.3, 0.4) is 0 Å². The van der Waals surface area contributed by atoms with Crippen molar-refractivity contribution in [2.24, 2.45) is 0 Å². The van der Waals surface area contributed by atoms with Crippen LogP contribution in [-0.4, -0.2) is 12.1 Å². The van der Waals surface area contributed by atoms with Crippen molar-refractivity contribution in [3.63, 3.8) is 0 Å². The highest BCUT2D eigenvalue weighted by molar-refractivity contribution is 5.83. The molecule has 1 heterocycles. The predicted octanol–water partition coefficient (Wildman–Crippen LogP) is 4.80. The molecular weight excluding hydrogens is 310 g/mol. The highest BCUT2D eigenvalue weighted by Crippen LogP contribution is 2.21. The molecule has 0 saturated carbocycles. The Bertz CT molecular complexity index is 897. The first-order valence-corrected chi connectivity index (χ1v) is 8.93. The standard InChI is InChI=1S/C22H25NO2/c1-16-22(25-2)21(24)20-18(14-9-15-19(20)23-16)13-8-4-7-12-17-10-5-3-6-11-17/h3,5-6,9-11,14-15H,4,7-8,12-13H2,1-2H3,(H,23,24). The molecule has 0 bridgehead atoms. The maximum absolute atomic E-state index is 12.7. The van der Waals surface area contributed by atoms with Gasteiger partial charge in [-0.05, 0) is 49.8 Å². The lowest BCUT2D eigenvalue weighted by Gasteiger charge is -2.10. The predicted molar refractivity (Wildman–Crippen MR) is 104 cm³/mol. The van der Waals surface area contributed by atoms with E-state index < -0.39 is 0 Å². The van der Waals surface area contributed by atoms with E-state index in [0.717, 1.165) is 47.8 Å². The zero-order valence-corrected chi connectivity index (χ0v) is 15.0. The van der Waals surface area contributed by atoms with E-state index in [-0.39, 0.29) is 5.43 Å². The summed E-state index contributed by atoms with van der Waals surface area (Å²) in [6.45, 7) is 1.87. The largest absolute Gasteiger partial charge is 0.491 e. The van der Waals surface area contributed by atoms with E-state index in [1.165, 1.54) is 12.0 Å². The summed E-state index contributed by atoms with van der Waals surface area (Å²) in [5.74, 6) is 0.420.